The molecule has 1 N–H and O–H groups in total. The lowest BCUT2D eigenvalue weighted by atomic mass is 10.3. The molecule has 0 radical (unpaired) electrons. The maximum Gasteiger partial charge on any atom is 0.199 e. The van der Waals surface area contributed by atoms with Gasteiger partial charge in [-0.15, -0.1) is 0 Å². The Hall–Kier alpha value is -1.59. The molecule has 4 nitrogen and oxygen atoms in total. The fraction of sp³-hybridized carbons (Fsp3) is 0.0909. The first-order valence-corrected chi connectivity index (χ1v) is 5.64. The Morgan fingerprint density at radius 2 is 2.06 bits per heavy atom. The second-order valence-corrected chi connectivity index (χ2v) is 4.04. The van der Waals surface area contributed by atoms with Crippen LogP contribution < -0.4 is 10.1 Å². The highest BCUT2D eigenvalue weighted by Crippen LogP contribution is 2.32. The minimum absolute atomic E-state index is 0.0131. The van der Waals surface area contributed by atoms with Gasteiger partial charge in [0.15, 0.2) is 22.5 Å². The fourth-order valence-electron chi connectivity index (χ4n) is 1.35. The van der Waals surface area contributed by atoms with Crippen molar-refractivity contribution in [2.45, 2.75) is 0 Å². The van der Waals surface area contributed by atoms with Gasteiger partial charge in [0.2, 0.25) is 0 Å². The third kappa shape index (κ3) is 2.47. The highest BCUT2D eigenvalue weighted by atomic mass is 35.5. The lowest BCUT2D eigenvalue weighted by molar-refractivity contribution is 0.413. The first-order valence-electron chi connectivity index (χ1n) is 4.89. The van der Waals surface area contributed by atoms with E-state index in [2.05, 4.69) is 15.3 Å². The number of nitrogens with one attached hydrogen (secondary N) is 1. The first kappa shape index (κ1) is 12.9. The summed E-state index contributed by atoms with van der Waals surface area (Å²) in [6.07, 6.45) is 1.25. The van der Waals surface area contributed by atoms with E-state index >= 15 is 0 Å². The summed E-state index contributed by atoms with van der Waals surface area (Å²) in [5.74, 6) is -0.0758. The van der Waals surface area contributed by atoms with Gasteiger partial charge in [0.05, 0.1) is 17.8 Å². The van der Waals surface area contributed by atoms with Crippen LogP contribution in [0.5, 0.6) is 5.75 Å². The number of hydrogen-bond acceptors (Lipinski definition) is 4. The Morgan fingerprint density at radius 3 is 2.78 bits per heavy atom. The topological polar surface area (TPSA) is 47.0 Å². The van der Waals surface area contributed by atoms with Gasteiger partial charge in [-0.25, -0.2) is 14.4 Å². The molecule has 0 spiro atoms. The van der Waals surface area contributed by atoms with Crippen LogP contribution in [0.15, 0.2) is 24.5 Å². The van der Waals surface area contributed by atoms with Crippen molar-refractivity contribution in [1.29, 1.82) is 0 Å². The Labute approximate surface area is 113 Å². The Kier molecular flexibility index (Phi) is 3.84. The highest BCUT2D eigenvalue weighted by Gasteiger charge is 2.13. The molecule has 0 aliphatic rings. The second-order valence-electron chi connectivity index (χ2n) is 3.27. The largest absolute Gasteiger partial charge is 0.490 e. The molecule has 0 amide bonds. The van der Waals surface area contributed by atoms with Crippen molar-refractivity contribution in [2.24, 2.45) is 0 Å². The van der Waals surface area contributed by atoms with Gasteiger partial charge in [-0.05, 0) is 12.1 Å². The van der Waals surface area contributed by atoms with Gasteiger partial charge in [-0.1, -0.05) is 29.3 Å². The van der Waals surface area contributed by atoms with Crippen molar-refractivity contribution in [3.05, 3.63) is 40.5 Å². The van der Waals surface area contributed by atoms with Crippen LogP contribution in [0.2, 0.25) is 10.2 Å². The zero-order valence-corrected chi connectivity index (χ0v) is 10.8. The molecule has 94 valence electrons. The van der Waals surface area contributed by atoms with Crippen molar-refractivity contribution in [2.75, 3.05) is 12.4 Å². The number of methoxy groups -OCH3 is 1. The monoisotopic (exact) mass is 287 g/mol. The molecule has 0 bridgehead atoms. The molecule has 0 fully saturated rings. The molecule has 2 rings (SSSR count). The summed E-state index contributed by atoms with van der Waals surface area (Å²) in [5, 5.41) is 2.90. The number of benzene rings is 1. The van der Waals surface area contributed by atoms with Crippen LogP contribution in [0.4, 0.5) is 15.9 Å². The van der Waals surface area contributed by atoms with Crippen LogP contribution in [-0.4, -0.2) is 17.1 Å². The van der Waals surface area contributed by atoms with E-state index in [0.29, 0.717) is 0 Å². The molecule has 2 aromatic rings. The molecule has 18 heavy (non-hydrogen) atoms. The van der Waals surface area contributed by atoms with Gasteiger partial charge in [-0.3, -0.25) is 0 Å². The van der Waals surface area contributed by atoms with E-state index in [-0.39, 0.29) is 27.4 Å². The van der Waals surface area contributed by atoms with Crippen molar-refractivity contribution in [1.82, 2.24) is 9.97 Å². The maximum atomic E-state index is 13.7. The number of aromatic nitrogens is 2. The lowest BCUT2D eigenvalue weighted by Gasteiger charge is -2.11. The molecular formula is C11H8Cl2FN3O. The average Bonchev–Trinajstić information content (AvgIpc) is 2.35. The number of ether oxygens (including phenoxy) is 1. The number of rotatable bonds is 3. The second kappa shape index (κ2) is 5.37. The molecule has 0 aliphatic heterocycles. The highest BCUT2D eigenvalue weighted by molar-refractivity contribution is 6.31. The normalized spacial score (nSPS) is 10.2. The maximum absolute atomic E-state index is 13.7. The van der Waals surface area contributed by atoms with Crippen LogP contribution in [0.1, 0.15) is 0 Å². The molecular weight excluding hydrogens is 280 g/mol. The van der Waals surface area contributed by atoms with Crippen LogP contribution in [0.25, 0.3) is 0 Å². The third-order valence-electron chi connectivity index (χ3n) is 2.17. The van der Waals surface area contributed by atoms with Crippen LogP contribution in [0, 0.1) is 5.82 Å². The number of hydrogen-bond donors (Lipinski definition) is 1. The first-order chi connectivity index (χ1) is 8.63. The summed E-state index contributed by atoms with van der Waals surface area (Å²) >= 11 is 11.5. The molecule has 0 atom stereocenters. The zero-order valence-electron chi connectivity index (χ0n) is 9.25. The van der Waals surface area contributed by atoms with E-state index in [1.165, 1.54) is 25.6 Å². The quantitative estimate of drug-likeness (QED) is 0.875. The molecule has 7 heteroatoms. The summed E-state index contributed by atoms with van der Waals surface area (Å²) in [6, 6.07) is 4.59. The third-order valence-corrected chi connectivity index (χ3v) is 2.73. The molecule has 1 heterocycles. The molecule has 1 aromatic heterocycles. The van der Waals surface area contributed by atoms with Crippen LogP contribution in [0.3, 0.4) is 0 Å². The average molecular weight is 288 g/mol. The van der Waals surface area contributed by atoms with Gasteiger partial charge in [0, 0.05) is 0 Å². The Balaban J connectivity index is 2.40. The van der Waals surface area contributed by atoms with E-state index in [1.807, 2.05) is 0 Å². The summed E-state index contributed by atoms with van der Waals surface area (Å²) in [5.41, 5.74) is 0.176. The van der Waals surface area contributed by atoms with Gasteiger partial charge in [0.1, 0.15) is 6.33 Å². The number of anilines is 2. The molecule has 1 aromatic carbocycles. The van der Waals surface area contributed by atoms with Crippen molar-refractivity contribution >= 4 is 34.7 Å². The number of halogens is 3. The lowest BCUT2D eigenvalue weighted by Crippen LogP contribution is -2.01. The predicted octanol–water partition coefficient (Wildman–Crippen LogP) is 3.67. The van der Waals surface area contributed by atoms with Gasteiger partial charge in [0.25, 0.3) is 0 Å². The molecule has 0 saturated heterocycles. The van der Waals surface area contributed by atoms with Crippen molar-refractivity contribution in [3.63, 3.8) is 0 Å². The van der Waals surface area contributed by atoms with E-state index < -0.39 is 5.82 Å². The van der Waals surface area contributed by atoms with Gasteiger partial charge >= 0.3 is 0 Å². The molecule has 0 aliphatic carbocycles. The zero-order chi connectivity index (χ0) is 13.1. The SMILES string of the molecule is COc1c(Cl)ncnc1Nc1cccc(Cl)c1F. The fourth-order valence-corrected chi connectivity index (χ4v) is 1.73. The van der Waals surface area contributed by atoms with Crippen molar-refractivity contribution < 1.29 is 9.13 Å². The van der Waals surface area contributed by atoms with Crippen LogP contribution >= 0.6 is 23.2 Å². The van der Waals surface area contributed by atoms with Crippen LogP contribution in [-0.2, 0) is 0 Å². The van der Waals surface area contributed by atoms with Crippen molar-refractivity contribution in [3.8, 4) is 5.75 Å². The Morgan fingerprint density at radius 1 is 1.28 bits per heavy atom. The summed E-state index contributed by atoms with van der Waals surface area (Å²) in [4.78, 5) is 7.70. The summed E-state index contributed by atoms with van der Waals surface area (Å²) in [7, 11) is 1.42. The summed E-state index contributed by atoms with van der Waals surface area (Å²) in [6.45, 7) is 0. The van der Waals surface area contributed by atoms with E-state index in [9.17, 15) is 4.39 Å². The van der Waals surface area contributed by atoms with E-state index in [4.69, 9.17) is 27.9 Å². The van der Waals surface area contributed by atoms with E-state index in [1.54, 1.807) is 6.07 Å². The van der Waals surface area contributed by atoms with Gasteiger partial charge in [-0.2, -0.15) is 0 Å². The minimum Gasteiger partial charge on any atom is -0.490 e. The van der Waals surface area contributed by atoms with Gasteiger partial charge < -0.3 is 10.1 Å². The standard InChI is InChI=1S/C11H8Cl2FN3O/c1-18-9-10(13)15-5-16-11(9)17-7-4-2-3-6(12)8(7)14/h2-5H,1H3,(H,15,16,17). The smallest absolute Gasteiger partial charge is 0.199 e. The summed E-state index contributed by atoms with van der Waals surface area (Å²) < 4.78 is 18.8. The number of nitrogens with zero attached hydrogens (tertiary/aromatic N) is 2. The minimum atomic E-state index is -0.573. The predicted molar refractivity (Wildman–Crippen MR) is 68.3 cm³/mol. The molecule has 0 unspecified atom stereocenters. The molecule has 0 saturated carbocycles. The van der Waals surface area contributed by atoms with E-state index in [0.717, 1.165) is 0 Å². The Bertz CT molecular complexity index is 580.